The summed E-state index contributed by atoms with van der Waals surface area (Å²) in [6.45, 7) is 2.01. The number of hydrogen-bond acceptors (Lipinski definition) is 7. The SMILES string of the molecule is COc1cc(/C=C2\N=C(c3ccc([N+](=O)[O-])c(C)c3)OC2=O)cc(I)c1OCc1ccccc1I. The summed E-state index contributed by atoms with van der Waals surface area (Å²) in [7, 11) is 1.55. The fourth-order valence-corrected chi connectivity index (χ4v) is 4.74. The highest BCUT2D eigenvalue weighted by Gasteiger charge is 2.25. The minimum atomic E-state index is -0.607. The Bertz CT molecular complexity index is 1400. The fourth-order valence-electron chi connectivity index (χ4n) is 3.41. The molecule has 1 heterocycles. The molecule has 1 aliphatic heterocycles. The van der Waals surface area contributed by atoms with Crippen molar-refractivity contribution < 1.29 is 23.9 Å². The molecule has 0 N–H and O–H groups in total. The van der Waals surface area contributed by atoms with E-state index in [-0.39, 0.29) is 17.3 Å². The standard InChI is InChI=1S/C25H18I2N2O6/c1-14-9-16(7-8-21(14)29(31)32)24-28-20(25(30)35-24)11-15-10-19(27)23(22(12-15)33-2)34-13-17-5-3-4-6-18(17)26/h3-12H,13H2,1-2H3/b20-11-. The summed E-state index contributed by atoms with van der Waals surface area (Å²) in [6, 6.07) is 16.0. The van der Waals surface area contributed by atoms with Gasteiger partial charge in [0.15, 0.2) is 17.2 Å². The van der Waals surface area contributed by atoms with E-state index >= 15 is 0 Å². The van der Waals surface area contributed by atoms with Crippen LogP contribution in [0.3, 0.4) is 0 Å². The van der Waals surface area contributed by atoms with Gasteiger partial charge in [-0.3, -0.25) is 10.1 Å². The quantitative estimate of drug-likeness (QED) is 0.0982. The number of halogens is 2. The molecule has 0 saturated heterocycles. The van der Waals surface area contributed by atoms with Crippen LogP contribution in [0.4, 0.5) is 5.69 Å². The highest BCUT2D eigenvalue weighted by Crippen LogP contribution is 2.36. The van der Waals surface area contributed by atoms with Gasteiger partial charge in [0, 0.05) is 26.3 Å². The zero-order valence-corrected chi connectivity index (χ0v) is 22.9. The van der Waals surface area contributed by atoms with E-state index in [4.69, 9.17) is 14.2 Å². The van der Waals surface area contributed by atoms with Crippen LogP contribution in [0.25, 0.3) is 6.08 Å². The zero-order valence-electron chi connectivity index (χ0n) is 18.6. The monoisotopic (exact) mass is 696 g/mol. The first-order valence-electron chi connectivity index (χ1n) is 10.3. The van der Waals surface area contributed by atoms with Crippen molar-refractivity contribution in [3.05, 3.63) is 99.8 Å². The van der Waals surface area contributed by atoms with Gasteiger partial charge in [-0.25, -0.2) is 9.79 Å². The maximum atomic E-state index is 12.4. The van der Waals surface area contributed by atoms with Crippen molar-refractivity contribution in [3.8, 4) is 11.5 Å². The van der Waals surface area contributed by atoms with E-state index in [1.807, 2.05) is 30.3 Å². The van der Waals surface area contributed by atoms with Gasteiger partial charge >= 0.3 is 5.97 Å². The van der Waals surface area contributed by atoms with Gasteiger partial charge in [0.1, 0.15) is 6.61 Å². The third kappa shape index (κ3) is 5.64. The molecule has 10 heteroatoms. The first-order chi connectivity index (χ1) is 16.8. The van der Waals surface area contributed by atoms with Crippen molar-refractivity contribution in [2.24, 2.45) is 4.99 Å². The van der Waals surface area contributed by atoms with Crippen molar-refractivity contribution >= 4 is 68.8 Å². The van der Waals surface area contributed by atoms with Gasteiger partial charge in [0.25, 0.3) is 5.69 Å². The predicted octanol–water partition coefficient (Wildman–Crippen LogP) is 6.04. The van der Waals surface area contributed by atoms with Crippen LogP contribution in [-0.2, 0) is 16.1 Å². The number of hydrogen-bond donors (Lipinski definition) is 0. The molecule has 3 aromatic carbocycles. The Morgan fingerprint density at radius 3 is 2.57 bits per heavy atom. The summed E-state index contributed by atoms with van der Waals surface area (Å²) < 4.78 is 18.8. The van der Waals surface area contributed by atoms with Gasteiger partial charge in [-0.2, -0.15) is 0 Å². The number of ether oxygens (including phenoxy) is 3. The van der Waals surface area contributed by atoms with Crippen LogP contribution in [0.1, 0.15) is 22.3 Å². The van der Waals surface area contributed by atoms with Gasteiger partial charge in [-0.15, -0.1) is 0 Å². The van der Waals surface area contributed by atoms with E-state index in [9.17, 15) is 14.9 Å². The summed E-state index contributed by atoms with van der Waals surface area (Å²) in [5, 5.41) is 11.1. The number of benzene rings is 3. The van der Waals surface area contributed by atoms with Gasteiger partial charge in [0.2, 0.25) is 5.90 Å². The van der Waals surface area contributed by atoms with Gasteiger partial charge in [0.05, 0.1) is 15.6 Å². The molecule has 8 nitrogen and oxygen atoms in total. The lowest BCUT2D eigenvalue weighted by atomic mass is 10.1. The van der Waals surface area contributed by atoms with Gasteiger partial charge in [-0.05, 0) is 94.1 Å². The zero-order chi connectivity index (χ0) is 25.1. The smallest absolute Gasteiger partial charge is 0.363 e. The van der Waals surface area contributed by atoms with Crippen molar-refractivity contribution in [3.63, 3.8) is 0 Å². The van der Waals surface area contributed by atoms with E-state index in [0.717, 1.165) is 12.7 Å². The molecule has 0 saturated carbocycles. The number of nitro groups is 1. The van der Waals surface area contributed by atoms with E-state index in [0.29, 0.717) is 34.8 Å². The van der Waals surface area contributed by atoms with Crippen LogP contribution in [0.15, 0.2) is 65.3 Å². The van der Waals surface area contributed by atoms with E-state index in [2.05, 4.69) is 50.2 Å². The molecule has 35 heavy (non-hydrogen) atoms. The lowest BCUT2D eigenvalue weighted by Gasteiger charge is -2.14. The molecule has 0 amide bonds. The van der Waals surface area contributed by atoms with Crippen molar-refractivity contribution in [2.75, 3.05) is 7.11 Å². The summed E-state index contributed by atoms with van der Waals surface area (Å²) in [4.78, 5) is 27.3. The molecule has 178 valence electrons. The first-order valence-corrected chi connectivity index (χ1v) is 12.4. The number of esters is 1. The number of carbonyl (C=O) groups excluding carboxylic acids is 1. The Labute approximate surface area is 228 Å². The van der Waals surface area contributed by atoms with Gasteiger partial charge in [-0.1, -0.05) is 18.2 Å². The number of nitro benzene ring substituents is 1. The maximum absolute atomic E-state index is 12.4. The van der Waals surface area contributed by atoms with Crippen molar-refractivity contribution in [2.45, 2.75) is 13.5 Å². The number of aliphatic imine (C=N–C) groups is 1. The number of rotatable bonds is 7. The van der Waals surface area contributed by atoms with Crippen LogP contribution in [0.5, 0.6) is 11.5 Å². The third-order valence-corrected chi connectivity index (χ3v) is 7.00. The Morgan fingerprint density at radius 1 is 1.11 bits per heavy atom. The maximum Gasteiger partial charge on any atom is 0.363 e. The van der Waals surface area contributed by atoms with Crippen LogP contribution < -0.4 is 9.47 Å². The molecule has 0 spiro atoms. The average Bonchev–Trinajstić information content (AvgIpc) is 3.18. The largest absolute Gasteiger partial charge is 0.493 e. The molecule has 1 aliphatic rings. The summed E-state index contributed by atoms with van der Waals surface area (Å²) in [5.74, 6) is 0.619. The topological polar surface area (TPSA) is 100 Å². The molecule has 0 atom stereocenters. The molecule has 0 radical (unpaired) electrons. The predicted molar refractivity (Wildman–Crippen MR) is 148 cm³/mol. The Hall–Kier alpha value is -3.00. The molecular formula is C25H18I2N2O6. The Balaban J connectivity index is 1.60. The molecule has 3 aromatic rings. The lowest BCUT2D eigenvalue weighted by Crippen LogP contribution is -2.06. The fraction of sp³-hybridized carbons (Fsp3) is 0.120. The minimum absolute atomic E-state index is 0.0135. The summed E-state index contributed by atoms with van der Waals surface area (Å²) in [5.41, 5.74) is 2.78. The minimum Gasteiger partial charge on any atom is -0.493 e. The van der Waals surface area contributed by atoms with Crippen LogP contribution in [0, 0.1) is 24.2 Å². The molecule has 0 unspecified atom stereocenters. The highest BCUT2D eigenvalue weighted by atomic mass is 127. The number of cyclic esters (lactones) is 1. The van der Waals surface area contributed by atoms with Crippen LogP contribution in [-0.4, -0.2) is 23.9 Å². The number of methoxy groups -OCH3 is 1. The van der Waals surface area contributed by atoms with E-state index < -0.39 is 10.9 Å². The van der Waals surface area contributed by atoms with Crippen molar-refractivity contribution in [1.82, 2.24) is 0 Å². The van der Waals surface area contributed by atoms with Crippen LogP contribution in [0.2, 0.25) is 0 Å². The highest BCUT2D eigenvalue weighted by molar-refractivity contribution is 14.1. The van der Waals surface area contributed by atoms with E-state index in [1.165, 1.54) is 12.1 Å². The van der Waals surface area contributed by atoms with Crippen LogP contribution >= 0.6 is 45.2 Å². The lowest BCUT2D eigenvalue weighted by molar-refractivity contribution is -0.385. The number of aryl methyl sites for hydroxylation is 1. The molecule has 0 aromatic heterocycles. The molecule has 0 aliphatic carbocycles. The molecule has 4 rings (SSSR count). The molecule has 0 bridgehead atoms. The van der Waals surface area contributed by atoms with E-state index in [1.54, 1.807) is 32.2 Å². The Kier molecular flexibility index (Phi) is 7.69. The average molecular weight is 696 g/mol. The Morgan fingerprint density at radius 2 is 1.89 bits per heavy atom. The second-order valence-electron chi connectivity index (χ2n) is 7.51. The summed E-state index contributed by atoms with van der Waals surface area (Å²) >= 11 is 4.43. The molecule has 0 fully saturated rings. The molecular weight excluding hydrogens is 678 g/mol. The second kappa shape index (κ2) is 10.7. The third-order valence-electron chi connectivity index (χ3n) is 5.15. The second-order valence-corrected chi connectivity index (χ2v) is 9.83. The van der Waals surface area contributed by atoms with Gasteiger partial charge < -0.3 is 14.2 Å². The first kappa shape index (κ1) is 25.1. The summed E-state index contributed by atoms with van der Waals surface area (Å²) in [6.07, 6.45) is 1.60. The normalized spacial score (nSPS) is 14.0. The van der Waals surface area contributed by atoms with Crippen molar-refractivity contribution in [1.29, 1.82) is 0 Å². The number of nitrogens with zero attached hydrogens (tertiary/aromatic N) is 2. The number of carbonyl (C=O) groups is 1.